The van der Waals surface area contributed by atoms with Crippen molar-refractivity contribution in [2.45, 2.75) is 51.1 Å². The summed E-state index contributed by atoms with van der Waals surface area (Å²) >= 11 is 0. The first-order valence-electron chi connectivity index (χ1n) is 8.55. The molecule has 0 aliphatic carbocycles. The molecule has 0 amide bonds. The summed E-state index contributed by atoms with van der Waals surface area (Å²) in [5, 5.41) is 10.1. The highest BCUT2D eigenvalue weighted by atomic mass is 15.2. The summed E-state index contributed by atoms with van der Waals surface area (Å²) in [4.78, 5) is 2.38. The molecule has 2 aromatic carbocycles. The maximum atomic E-state index is 10.1. The summed E-state index contributed by atoms with van der Waals surface area (Å²) in [6.45, 7) is 4.39. The van der Waals surface area contributed by atoms with Gasteiger partial charge in [-0.2, -0.15) is 5.26 Å². The first-order chi connectivity index (χ1) is 11.2. The topological polar surface area (TPSA) is 27.0 Å². The van der Waals surface area contributed by atoms with Crippen LogP contribution in [0, 0.1) is 11.3 Å². The molecule has 23 heavy (non-hydrogen) atoms. The van der Waals surface area contributed by atoms with E-state index in [1.807, 2.05) is 6.07 Å². The van der Waals surface area contributed by atoms with Crippen LogP contribution < -0.4 is 4.90 Å². The third-order valence-corrected chi connectivity index (χ3v) is 5.06. The lowest BCUT2D eigenvalue weighted by molar-refractivity contribution is 0.372. The lowest BCUT2D eigenvalue weighted by Gasteiger charge is -2.48. The van der Waals surface area contributed by atoms with Crippen molar-refractivity contribution in [3.8, 4) is 6.07 Å². The van der Waals surface area contributed by atoms with Gasteiger partial charge in [-0.3, -0.25) is 0 Å². The lowest BCUT2D eigenvalue weighted by Crippen LogP contribution is -2.52. The maximum Gasteiger partial charge on any atom is 0.128 e. The number of benzene rings is 2. The van der Waals surface area contributed by atoms with E-state index in [1.54, 1.807) is 0 Å². The zero-order chi connectivity index (χ0) is 16.3. The van der Waals surface area contributed by atoms with E-state index in [0.717, 1.165) is 25.7 Å². The Hall–Kier alpha value is -2.27. The van der Waals surface area contributed by atoms with E-state index in [-0.39, 0.29) is 6.04 Å². The number of hydrogen-bond donors (Lipinski definition) is 0. The third kappa shape index (κ3) is 2.72. The molecule has 2 nitrogen and oxygen atoms in total. The van der Waals surface area contributed by atoms with Gasteiger partial charge in [-0.1, -0.05) is 61.9 Å². The second-order valence-corrected chi connectivity index (χ2v) is 6.48. The molecule has 0 saturated heterocycles. The van der Waals surface area contributed by atoms with Crippen LogP contribution in [-0.4, -0.2) is 5.54 Å². The third-order valence-electron chi connectivity index (χ3n) is 5.06. The summed E-state index contributed by atoms with van der Waals surface area (Å²) in [6, 6.07) is 22.0. The smallest absolute Gasteiger partial charge is 0.128 e. The van der Waals surface area contributed by atoms with E-state index in [2.05, 4.69) is 73.3 Å². The molecule has 0 spiro atoms. The van der Waals surface area contributed by atoms with Gasteiger partial charge in [0.15, 0.2) is 0 Å². The summed E-state index contributed by atoms with van der Waals surface area (Å²) < 4.78 is 0. The maximum absolute atomic E-state index is 10.1. The van der Waals surface area contributed by atoms with Gasteiger partial charge in [-0.15, -0.1) is 0 Å². The van der Waals surface area contributed by atoms with Crippen molar-refractivity contribution >= 4 is 5.69 Å². The van der Waals surface area contributed by atoms with Crippen molar-refractivity contribution < 1.29 is 0 Å². The molecule has 1 heterocycles. The van der Waals surface area contributed by atoms with Crippen molar-refractivity contribution in [2.24, 2.45) is 0 Å². The average molecular weight is 304 g/mol. The number of hydrogen-bond acceptors (Lipinski definition) is 2. The molecule has 2 atom stereocenters. The van der Waals surface area contributed by atoms with Crippen molar-refractivity contribution in [1.29, 1.82) is 5.26 Å². The minimum Gasteiger partial charge on any atom is -0.346 e. The van der Waals surface area contributed by atoms with E-state index >= 15 is 0 Å². The molecular formula is C21H24N2. The predicted octanol–water partition coefficient (Wildman–Crippen LogP) is 5.26. The number of nitriles is 1. The second kappa shape index (κ2) is 6.46. The molecule has 0 N–H and O–H groups in total. The Kier molecular flexibility index (Phi) is 4.39. The number of rotatable bonds is 4. The van der Waals surface area contributed by atoms with Gasteiger partial charge in [0.1, 0.15) is 5.54 Å². The van der Waals surface area contributed by atoms with Crippen LogP contribution in [0.25, 0.3) is 0 Å². The van der Waals surface area contributed by atoms with Crippen LogP contribution in [-0.2, 0) is 6.42 Å². The van der Waals surface area contributed by atoms with Crippen molar-refractivity contribution in [1.82, 2.24) is 0 Å². The predicted molar refractivity (Wildman–Crippen MR) is 95.4 cm³/mol. The lowest BCUT2D eigenvalue weighted by atomic mass is 9.80. The molecule has 1 aliphatic heterocycles. The van der Waals surface area contributed by atoms with E-state index < -0.39 is 5.54 Å². The van der Waals surface area contributed by atoms with Gasteiger partial charge in [0.25, 0.3) is 0 Å². The molecule has 3 rings (SSSR count). The van der Waals surface area contributed by atoms with E-state index in [4.69, 9.17) is 0 Å². The van der Waals surface area contributed by atoms with E-state index in [0.29, 0.717) is 0 Å². The minimum atomic E-state index is -0.404. The van der Waals surface area contributed by atoms with Crippen LogP contribution in [0.2, 0.25) is 0 Å². The summed E-state index contributed by atoms with van der Waals surface area (Å²) in [7, 11) is 0. The summed E-state index contributed by atoms with van der Waals surface area (Å²) in [5.74, 6) is 0. The van der Waals surface area contributed by atoms with Gasteiger partial charge in [-0.25, -0.2) is 0 Å². The molecule has 0 aromatic heterocycles. The average Bonchev–Trinajstić information content (AvgIpc) is 2.62. The number of nitrogens with zero attached hydrogens (tertiary/aromatic N) is 2. The van der Waals surface area contributed by atoms with Gasteiger partial charge in [0, 0.05) is 5.69 Å². The van der Waals surface area contributed by atoms with Crippen LogP contribution in [0.5, 0.6) is 0 Å². The molecule has 1 aliphatic rings. The molecule has 118 valence electrons. The highest BCUT2D eigenvalue weighted by molar-refractivity contribution is 5.61. The second-order valence-electron chi connectivity index (χ2n) is 6.48. The highest BCUT2D eigenvalue weighted by Crippen LogP contribution is 2.44. The van der Waals surface area contributed by atoms with Crippen LogP contribution in [0.3, 0.4) is 0 Å². The monoisotopic (exact) mass is 304 g/mol. The Morgan fingerprint density at radius 3 is 2.52 bits per heavy atom. The Morgan fingerprint density at radius 1 is 1.13 bits per heavy atom. The molecule has 0 radical (unpaired) electrons. The number of fused-ring (bicyclic) bond motifs is 1. The summed E-state index contributed by atoms with van der Waals surface area (Å²) in [6.07, 6.45) is 3.83. The van der Waals surface area contributed by atoms with E-state index in [9.17, 15) is 5.26 Å². The molecule has 0 saturated carbocycles. The molecular weight excluding hydrogens is 280 g/mol. The quantitative estimate of drug-likeness (QED) is 0.770. The Balaban J connectivity index is 2.12. The molecule has 2 aromatic rings. The fourth-order valence-electron chi connectivity index (χ4n) is 3.93. The molecule has 0 bridgehead atoms. The van der Waals surface area contributed by atoms with Crippen LogP contribution in [0.15, 0.2) is 54.6 Å². The first kappa shape index (κ1) is 15.6. The summed E-state index contributed by atoms with van der Waals surface area (Å²) in [5.41, 5.74) is 3.44. The first-order valence-corrected chi connectivity index (χ1v) is 8.55. The van der Waals surface area contributed by atoms with Gasteiger partial charge >= 0.3 is 0 Å². The minimum absolute atomic E-state index is 0.184. The normalized spacial score (nSPS) is 21.3. The largest absolute Gasteiger partial charge is 0.346 e. The van der Waals surface area contributed by atoms with Crippen molar-refractivity contribution in [3.63, 3.8) is 0 Å². The van der Waals surface area contributed by atoms with Gasteiger partial charge in [0.05, 0.1) is 12.1 Å². The standard InChI is InChI=1S/C21H24N2/c1-3-14-21(16-22)15-13-19-11-7-8-12-20(19)23(21)17(2)18-9-5-4-6-10-18/h4-12,17H,3,13-15H2,1-2H3/t17-,21+/m0/s1. The molecule has 0 fully saturated rings. The zero-order valence-electron chi connectivity index (χ0n) is 14.0. The molecule has 0 unspecified atom stereocenters. The number of anilines is 1. The number of aryl methyl sites for hydroxylation is 1. The van der Waals surface area contributed by atoms with E-state index in [1.165, 1.54) is 16.8 Å². The fraction of sp³-hybridized carbons (Fsp3) is 0.381. The zero-order valence-corrected chi connectivity index (χ0v) is 14.0. The van der Waals surface area contributed by atoms with Gasteiger partial charge < -0.3 is 4.90 Å². The van der Waals surface area contributed by atoms with Crippen LogP contribution >= 0.6 is 0 Å². The van der Waals surface area contributed by atoms with Crippen molar-refractivity contribution in [3.05, 3.63) is 65.7 Å². The van der Waals surface area contributed by atoms with Crippen LogP contribution in [0.4, 0.5) is 5.69 Å². The number of para-hydroxylation sites is 1. The van der Waals surface area contributed by atoms with Crippen molar-refractivity contribution in [2.75, 3.05) is 4.90 Å². The van der Waals surface area contributed by atoms with Gasteiger partial charge in [0.2, 0.25) is 0 Å². The Morgan fingerprint density at radius 2 is 1.83 bits per heavy atom. The fourth-order valence-corrected chi connectivity index (χ4v) is 3.93. The Labute approximate surface area is 139 Å². The highest BCUT2D eigenvalue weighted by Gasteiger charge is 2.42. The molecule has 2 heteroatoms. The van der Waals surface area contributed by atoms with Crippen LogP contribution in [0.1, 0.15) is 50.3 Å². The Bertz CT molecular complexity index is 701. The van der Waals surface area contributed by atoms with Gasteiger partial charge in [-0.05, 0) is 43.4 Å². The SMILES string of the molecule is CCC[C@]1(C#N)CCc2ccccc2N1[C@@H](C)c1ccccc1.